The first-order valence-corrected chi connectivity index (χ1v) is 7.74. The molecule has 1 heterocycles. The van der Waals surface area contributed by atoms with Gasteiger partial charge in [-0.2, -0.15) is 4.98 Å². The highest BCUT2D eigenvalue weighted by molar-refractivity contribution is 5.92. The molecular weight excluding hydrogens is 308 g/mol. The maximum absolute atomic E-state index is 12.0. The van der Waals surface area contributed by atoms with E-state index in [0.29, 0.717) is 29.5 Å². The van der Waals surface area contributed by atoms with Gasteiger partial charge in [0.15, 0.2) is 5.82 Å². The average Bonchev–Trinajstić information content (AvgIpc) is 2.96. The van der Waals surface area contributed by atoms with Gasteiger partial charge in [0.1, 0.15) is 0 Å². The molecule has 2 N–H and O–H groups in total. The molecule has 2 amide bonds. The fourth-order valence-electron chi connectivity index (χ4n) is 1.95. The highest BCUT2D eigenvalue weighted by atomic mass is 16.5. The van der Waals surface area contributed by atoms with E-state index in [-0.39, 0.29) is 23.7 Å². The van der Waals surface area contributed by atoms with Gasteiger partial charge in [-0.15, -0.1) is 0 Å². The van der Waals surface area contributed by atoms with Crippen molar-refractivity contribution in [3.8, 4) is 0 Å². The molecule has 0 spiro atoms. The summed E-state index contributed by atoms with van der Waals surface area (Å²) >= 11 is 0. The van der Waals surface area contributed by atoms with E-state index in [1.165, 1.54) is 6.92 Å². The van der Waals surface area contributed by atoms with E-state index in [4.69, 9.17) is 4.52 Å². The maximum atomic E-state index is 12.0. The smallest absolute Gasteiger partial charge is 0.227 e. The predicted molar refractivity (Wildman–Crippen MR) is 90.7 cm³/mol. The molecule has 0 aliphatic rings. The van der Waals surface area contributed by atoms with Gasteiger partial charge in [-0.25, -0.2) is 0 Å². The zero-order valence-corrected chi connectivity index (χ0v) is 14.3. The zero-order chi connectivity index (χ0) is 17.7. The first-order chi connectivity index (χ1) is 11.2. The number of hydrogen-bond donors (Lipinski definition) is 2. The Balaban J connectivity index is 1.85. The van der Waals surface area contributed by atoms with Gasteiger partial charge in [0.2, 0.25) is 17.7 Å². The normalized spacial score (nSPS) is 11.2. The van der Waals surface area contributed by atoms with Crippen LogP contribution in [0.15, 0.2) is 28.8 Å². The third kappa shape index (κ3) is 5.19. The number of anilines is 2. The molecule has 24 heavy (non-hydrogen) atoms. The molecule has 2 rings (SSSR count). The number of nitrogens with one attached hydrogen (secondary N) is 2. The SMILES string of the molecule is CC(=O)Nc1ccc(NC(=O)CCc2nc(C(C)(C)C)no2)cc1. The molecule has 0 radical (unpaired) electrons. The lowest BCUT2D eigenvalue weighted by Gasteiger charge is -2.10. The molecule has 0 atom stereocenters. The third-order valence-corrected chi connectivity index (χ3v) is 3.19. The van der Waals surface area contributed by atoms with Crippen molar-refractivity contribution in [2.24, 2.45) is 0 Å². The predicted octanol–water partition coefficient (Wildman–Crippen LogP) is 2.90. The number of aryl methyl sites for hydroxylation is 1. The number of rotatable bonds is 5. The molecule has 128 valence electrons. The van der Waals surface area contributed by atoms with Crippen LogP contribution in [0.1, 0.15) is 45.8 Å². The second-order valence-electron chi connectivity index (χ2n) is 6.57. The molecule has 0 saturated carbocycles. The van der Waals surface area contributed by atoms with Crippen LogP contribution in [0.5, 0.6) is 0 Å². The Labute approximate surface area is 140 Å². The number of carbonyl (C=O) groups excluding carboxylic acids is 2. The molecule has 0 aliphatic carbocycles. The summed E-state index contributed by atoms with van der Waals surface area (Å²) in [4.78, 5) is 27.2. The first-order valence-electron chi connectivity index (χ1n) is 7.74. The molecule has 0 aliphatic heterocycles. The van der Waals surface area contributed by atoms with Crippen molar-refractivity contribution in [3.63, 3.8) is 0 Å². The fourth-order valence-corrected chi connectivity index (χ4v) is 1.95. The fraction of sp³-hybridized carbons (Fsp3) is 0.412. The topological polar surface area (TPSA) is 97.1 Å². The van der Waals surface area contributed by atoms with Gasteiger partial charge >= 0.3 is 0 Å². The van der Waals surface area contributed by atoms with E-state index >= 15 is 0 Å². The third-order valence-electron chi connectivity index (χ3n) is 3.19. The second kappa shape index (κ2) is 7.25. The minimum atomic E-state index is -0.181. The number of carbonyl (C=O) groups is 2. The summed E-state index contributed by atoms with van der Waals surface area (Å²) in [6, 6.07) is 6.91. The lowest BCUT2D eigenvalue weighted by Crippen LogP contribution is -2.14. The Hall–Kier alpha value is -2.70. The Bertz CT molecular complexity index is 714. The maximum Gasteiger partial charge on any atom is 0.227 e. The van der Waals surface area contributed by atoms with Crippen LogP contribution in [-0.2, 0) is 21.4 Å². The van der Waals surface area contributed by atoms with Crippen molar-refractivity contribution in [3.05, 3.63) is 36.0 Å². The lowest BCUT2D eigenvalue weighted by molar-refractivity contribution is -0.116. The molecule has 7 nitrogen and oxygen atoms in total. The van der Waals surface area contributed by atoms with E-state index in [2.05, 4.69) is 20.8 Å². The largest absolute Gasteiger partial charge is 0.339 e. The molecule has 0 unspecified atom stereocenters. The summed E-state index contributed by atoms with van der Waals surface area (Å²) in [5, 5.41) is 9.39. The van der Waals surface area contributed by atoms with Gasteiger partial charge in [-0.3, -0.25) is 9.59 Å². The van der Waals surface area contributed by atoms with E-state index in [0.717, 1.165) is 0 Å². The average molecular weight is 330 g/mol. The first kappa shape index (κ1) is 17.7. The van der Waals surface area contributed by atoms with Crippen LogP contribution < -0.4 is 10.6 Å². The Morgan fingerprint density at radius 1 is 1.08 bits per heavy atom. The Kier molecular flexibility index (Phi) is 5.33. The second-order valence-corrected chi connectivity index (χ2v) is 6.57. The van der Waals surface area contributed by atoms with Crippen LogP contribution >= 0.6 is 0 Å². The van der Waals surface area contributed by atoms with E-state index in [9.17, 15) is 9.59 Å². The molecule has 1 aromatic heterocycles. The number of nitrogens with zero attached hydrogens (tertiary/aromatic N) is 2. The quantitative estimate of drug-likeness (QED) is 0.878. The van der Waals surface area contributed by atoms with E-state index in [1.807, 2.05) is 20.8 Å². The molecule has 0 saturated heterocycles. The number of aromatic nitrogens is 2. The van der Waals surface area contributed by atoms with Crippen LogP contribution in [-0.4, -0.2) is 22.0 Å². The van der Waals surface area contributed by atoms with Crippen LogP contribution in [0.25, 0.3) is 0 Å². The Morgan fingerprint density at radius 2 is 1.67 bits per heavy atom. The summed E-state index contributed by atoms with van der Waals surface area (Å²) in [6.45, 7) is 7.44. The van der Waals surface area contributed by atoms with Gasteiger partial charge in [-0.1, -0.05) is 25.9 Å². The highest BCUT2D eigenvalue weighted by Gasteiger charge is 2.21. The summed E-state index contributed by atoms with van der Waals surface area (Å²) in [7, 11) is 0. The molecule has 0 fully saturated rings. The summed E-state index contributed by atoms with van der Waals surface area (Å²) in [5.41, 5.74) is 1.16. The standard InChI is InChI=1S/C17H22N4O3/c1-11(22)18-12-5-7-13(8-6-12)19-14(23)9-10-15-20-16(21-24-15)17(2,3)4/h5-8H,9-10H2,1-4H3,(H,18,22)(H,19,23). The van der Waals surface area contributed by atoms with Gasteiger partial charge < -0.3 is 15.2 Å². The zero-order valence-electron chi connectivity index (χ0n) is 14.3. The minimum absolute atomic E-state index is 0.138. The molecule has 1 aromatic carbocycles. The number of hydrogen-bond acceptors (Lipinski definition) is 5. The number of amides is 2. The van der Waals surface area contributed by atoms with Crippen LogP contribution in [0.4, 0.5) is 11.4 Å². The molecule has 0 bridgehead atoms. The van der Waals surface area contributed by atoms with Crippen molar-refractivity contribution in [1.29, 1.82) is 0 Å². The molecule has 2 aromatic rings. The van der Waals surface area contributed by atoms with Crippen molar-refractivity contribution < 1.29 is 14.1 Å². The van der Waals surface area contributed by atoms with Gasteiger partial charge in [0.25, 0.3) is 0 Å². The monoisotopic (exact) mass is 330 g/mol. The van der Waals surface area contributed by atoms with Crippen molar-refractivity contribution >= 4 is 23.2 Å². The van der Waals surface area contributed by atoms with Crippen LogP contribution in [0.2, 0.25) is 0 Å². The summed E-state index contributed by atoms with van der Waals surface area (Å²) in [5.74, 6) is 0.807. The summed E-state index contributed by atoms with van der Waals surface area (Å²) < 4.78 is 5.16. The molecular formula is C17H22N4O3. The van der Waals surface area contributed by atoms with Gasteiger partial charge in [0, 0.05) is 36.6 Å². The van der Waals surface area contributed by atoms with Crippen LogP contribution in [0.3, 0.4) is 0 Å². The summed E-state index contributed by atoms with van der Waals surface area (Å²) in [6.07, 6.45) is 0.637. The minimum Gasteiger partial charge on any atom is -0.339 e. The van der Waals surface area contributed by atoms with Gasteiger partial charge in [-0.05, 0) is 24.3 Å². The Morgan fingerprint density at radius 3 is 2.17 bits per heavy atom. The van der Waals surface area contributed by atoms with Gasteiger partial charge in [0.05, 0.1) is 0 Å². The highest BCUT2D eigenvalue weighted by Crippen LogP contribution is 2.19. The van der Waals surface area contributed by atoms with E-state index < -0.39 is 0 Å². The lowest BCUT2D eigenvalue weighted by atomic mass is 9.96. The van der Waals surface area contributed by atoms with Crippen molar-refractivity contribution in [1.82, 2.24) is 10.1 Å². The van der Waals surface area contributed by atoms with Crippen molar-refractivity contribution in [2.75, 3.05) is 10.6 Å². The van der Waals surface area contributed by atoms with Crippen molar-refractivity contribution in [2.45, 2.75) is 46.0 Å². The van der Waals surface area contributed by atoms with Crippen LogP contribution in [0, 0.1) is 0 Å². The number of benzene rings is 1. The molecule has 7 heteroatoms. The van der Waals surface area contributed by atoms with E-state index in [1.54, 1.807) is 24.3 Å².